The van der Waals surface area contributed by atoms with Crippen LogP contribution in [0.4, 0.5) is 6.01 Å². The third-order valence-corrected chi connectivity index (χ3v) is 5.39. The Morgan fingerprint density at radius 1 is 1.19 bits per heavy atom. The van der Waals surface area contributed by atoms with Gasteiger partial charge in [-0.15, -0.1) is 0 Å². The molecule has 2 heterocycles. The fourth-order valence-corrected chi connectivity index (χ4v) is 3.71. The van der Waals surface area contributed by atoms with Gasteiger partial charge in [0.15, 0.2) is 5.58 Å². The van der Waals surface area contributed by atoms with E-state index in [0.29, 0.717) is 40.4 Å². The maximum atomic E-state index is 13.1. The van der Waals surface area contributed by atoms with E-state index in [0.717, 1.165) is 17.6 Å². The number of likely N-dealkylation sites (N-methyl/N-ethyl adjacent to an activating group) is 1. The molecule has 3 N–H and O–H groups in total. The van der Waals surface area contributed by atoms with Crippen LogP contribution in [0.2, 0.25) is 5.02 Å². The highest BCUT2D eigenvalue weighted by molar-refractivity contribution is 6.31. The first kappa shape index (κ1) is 21.9. The van der Waals surface area contributed by atoms with Crippen LogP contribution in [0.1, 0.15) is 18.5 Å². The summed E-state index contributed by atoms with van der Waals surface area (Å²) in [5.41, 5.74) is 3.33. The number of carbonyl (C=O) groups is 1. The number of hydrogen-bond acceptors (Lipinski definition) is 7. The fraction of sp³-hybridized carbons (Fsp3) is 0.261. The third-order valence-electron chi connectivity index (χ3n) is 5.05. The molecule has 2 aromatic carbocycles. The van der Waals surface area contributed by atoms with Gasteiger partial charge in [0.1, 0.15) is 11.6 Å². The number of halogens is 1. The van der Waals surface area contributed by atoms with E-state index in [4.69, 9.17) is 21.0 Å². The molecule has 0 radical (unpaired) electrons. The first-order valence-electron chi connectivity index (χ1n) is 10.3. The molecule has 1 aliphatic rings. The molecule has 1 aromatic heterocycles. The number of oxazole rings is 1. The highest BCUT2D eigenvalue weighted by atomic mass is 35.5. The van der Waals surface area contributed by atoms with E-state index in [1.165, 1.54) is 0 Å². The molecule has 4 rings (SSSR count). The second kappa shape index (κ2) is 9.42. The number of amides is 1. The minimum Gasteiger partial charge on any atom is -0.423 e. The number of anilines is 1. The molecule has 0 aliphatic carbocycles. The van der Waals surface area contributed by atoms with Gasteiger partial charge in [-0.3, -0.25) is 10.1 Å². The smallest absolute Gasteiger partial charge is 0.302 e. The van der Waals surface area contributed by atoms with Gasteiger partial charge in [-0.1, -0.05) is 41.9 Å². The zero-order valence-electron chi connectivity index (χ0n) is 18.1. The average molecular weight is 453 g/mol. The lowest BCUT2D eigenvalue weighted by atomic mass is 9.95. The van der Waals surface area contributed by atoms with Crippen LogP contribution in [-0.2, 0) is 4.79 Å². The van der Waals surface area contributed by atoms with E-state index >= 15 is 0 Å². The van der Waals surface area contributed by atoms with Crippen molar-refractivity contribution in [3.63, 3.8) is 0 Å². The first-order chi connectivity index (χ1) is 15.4. The predicted molar refractivity (Wildman–Crippen MR) is 127 cm³/mol. The molecular weight excluding hydrogens is 428 g/mol. The van der Waals surface area contributed by atoms with Crippen molar-refractivity contribution < 1.29 is 9.21 Å². The van der Waals surface area contributed by atoms with Crippen LogP contribution < -0.4 is 16.0 Å². The van der Waals surface area contributed by atoms with E-state index in [-0.39, 0.29) is 5.91 Å². The Labute approximate surface area is 191 Å². The number of aromatic nitrogens is 1. The van der Waals surface area contributed by atoms with Gasteiger partial charge in [0.2, 0.25) is 5.96 Å². The molecule has 0 fully saturated rings. The van der Waals surface area contributed by atoms with E-state index < -0.39 is 6.04 Å². The number of carbonyl (C=O) groups excluding carboxylic acids is 1. The minimum atomic E-state index is -0.587. The lowest BCUT2D eigenvalue weighted by Gasteiger charge is -2.27. The lowest BCUT2D eigenvalue weighted by Crippen LogP contribution is -2.40. The van der Waals surface area contributed by atoms with Gasteiger partial charge >= 0.3 is 6.01 Å². The molecule has 3 aromatic rings. The van der Waals surface area contributed by atoms with Crippen LogP contribution in [0.3, 0.4) is 0 Å². The van der Waals surface area contributed by atoms with Crippen molar-refractivity contribution in [2.75, 3.05) is 32.5 Å². The largest absolute Gasteiger partial charge is 0.423 e. The van der Waals surface area contributed by atoms with Crippen molar-refractivity contribution in [2.24, 2.45) is 4.99 Å². The summed E-state index contributed by atoms with van der Waals surface area (Å²) in [7, 11) is 3.92. The van der Waals surface area contributed by atoms with Crippen molar-refractivity contribution in [1.29, 1.82) is 0 Å². The van der Waals surface area contributed by atoms with E-state index in [1.807, 2.05) is 68.4 Å². The predicted octanol–water partition coefficient (Wildman–Crippen LogP) is 3.55. The standard InChI is InChI=1S/C23H25ClN6O2/c1-14-19(21(31)25-12-13-30(2)3)20(15-8-4-5-9-16(15)24)28-22(26-14)29-23-27-17-10-6-7-11-18(17)32-23/h4-11,20H,12-13H2,1-3H3,(H,25,31)(H2,26,27,28,29). The Bertz CT molecular complexity index is 1170. The molecule has 1 aliphatic heterocycles. The van der Waals surface area contributed by atoms with Crippen molar-refractivity contribution in [3.8, 4) is 0 Å². The summed E-state index contributed by atoms with van der Waals surface area (Å²) < 4.78 is 5.75. The van der Waals surface area contributed by atoms with Gasteiger partial charge in [0, 0.05) is 29.4 Å². The zero-order chi connectivity index (χ0) is 22.7. The molecule has 8 nitrogen and oxygen atoms in total. The maximum Gasteiger partial charge on any atom is 0.302 e. The molecule has 32 heavy (non-hydrogen) atoms. The highest BCUT2D eigenvalue weighted by Crippen LogP contribution is 2.35. The maximum absolute atomic E-state index is 13.1. The van der Waals surface area contributed by atoms with Gasteiger partial charge in [-0.25, -0.2) is 4.99 Å². The highest BCUT2D eigenvalue weighted by Gasteiger charge is 2.30. The van der Waals surface area contributed by atoms with E-state index in [1.54, 1.807) is 6.07 Å². The Hall–Kier alpha value is -3.36. The second-order valence-corrected chi connectivity index (χ2v) is 8.14. The number of aliphatic imine (C=N–C) groups is 1. The van der Waals surface area contributed by atoms with Crippen LogP contribution in [0.5, 0.6) is 0 Å². The van der Waals surface area contributed by atoms with E-state index in [9.17, 15) is 4.79 Å². The van der Waals surface area contributed by atoms with Crippen molar-refractivity contribution in [3.05, 3.63) is 70.4 Å². The molecule has 0 saturated heterocycles. The molecule has 1 amide bonds. The topological polar surface area (TPSA) is 94.8 Å². The zero-order valence-corrected chi connectivity index (χ0v) is 18.9. The summed E-state index contributed by atoms with van der Waals surface area (Å²) in [5, 5.41) is 9.76. The number of hydrogen-bond donors (Lipinski definition) is 3. The normalized spacial score (nSPS) is 16.2. The van der Waals surface area contributed by atoms with Crippen LogP contribution in [0.15, 0.2) is 69.2 Å². The Morgan fingerprint density at radius 2 is 1.94 bits per heavy atom. The molecule has 166 valence electrons. The van der Waals surface area contributed by atoms with E-state index in [2.05, 4.69) is 20.9 Å². The SMILES string of the molecule is CC1=C(C(=O)NCCN(C)C)C(c2ccccc2Cl)N=C(Nc2nc3ccccc3o2)N1. The van der Waals surface area contributed by atoms with Gasteiger partial charge in [0.05, 0.1) is 5.57 Å². The molecule has 1 unspecified atom stereocenters. The monoisotopic (exact) mass is 452 g/mol. The molecule has 9 heteroatoms. The molecule has 0 saturated carbocycles. The summed E-state index contributed by atoms with van der Waals surface area (Å²) in [6.07, 6.45) is 0. The van der Waals surface area contributed by atoms with Crippen LogP contribution in [-0.4, -0.2) is 48.9 Å². The number of fused-ring (bicyclic) bond motifs is 1. The second-order valence-electron chi connectivity index (χ2n) is 7.74. The van der Waals surface area contributed by atoms with Crippen molar-refractivity contribution in [2.45, 2.75) is 13.0 Å². The van der Waals surface area contributed by atoms with Crippen LogP contribution in [0.25, 0.3) is 11.1 Å². The van der Waals surface area contributed by atoms with Gasteiger partial charge < -0.3 is 20.0 Å². The summed E-state index contributed by atoms with van der Waals surface area (Å²) in [6.45, 7) is 3.10. The van der Waals surface area contributed by atoms with Gasteiger partial charge in [0.25, 0.3) is 5.91 Å². The fourth-order valence-electron chi connectivity index (χ4n) is 3.47. The number of nitrogens with one attached hydrogen (secondary N) is 3. The summed E-state index contributed by atoms with van der Waals surface area (Å²) in [6, 6.07) is 14.6. The quantitative estimate of drug-likeness (QED) is 0.529. The number of rotatable bonds is 6. The number of allylic oxidation sites excluding steroid dienone is 1. The summed E-state index contributed by atoms with van der Waals surface area (Å²) in [5.74, 6) is 0.232. The number of guanidine groups is 1. The van der Waals surface area contributed by atoms with Crippen molar-refractivity contribution >= 4 is 40.6 Å². The van der Waals surface area contributed by atoms with Gasteiger partial charge in [-0.2, -0.15) is 4.98 Å². The molecular formula is C23H25ClN6O2. The van der Waals surface area contributed by atoms with Crippen molar-refractivity contribution in [1.82, 2.24) is 20.5 Å². The first-order valence-corrected chi connectivity index (χ1v) is 10.7. The minimum absolute atomic E-state index is 0.188. The van der Waals surface area contributed by atoms with Crippen LogP contribution in [0, 0.1) is 0 Å². The Kier molecular flexibility index (Phi) is 6.43. The average Bonchev–Trinajstić information content (AvgIpc) is 3.15. The molecule has 0 spiro atoms. The summed E-state index contributed by atoms with van der Waals surface area (Å²) >= 11 is 6.48. The third kappa shape index (κ3) is 4.76. The lowest BCUT2D eigenvalue weighted by molar-refractivity contribution is -0.117. The number of para-hydroxylation sites is 2. The van der Waals surface area contributed by atoms with Crippen LogP contribution >= 0.6 is 11.6 Å². The Morgan fingerprint density at radius 3 is 2.69 bits per heavy atom. The molecule has 0 bridgehead atoms. The Balaban J connectivity index is 1.64. The summed E-state index contributed by atoms with van der Waals surface area (Å²) in [4.78, 5) is 24.3. The van der Waals surface area contributed by atoms with Gasteiger partial charge in [-0.05, 0) is 39.2 Å². The number of benzene rings is 2. The number of nitrogens with zero attached hydrogens (tertiary/aromatic N) is 3. The molecule has 1 atom stereocenters.